The Morgan fingerprint density at radius 1 is 1.05 bits per heavy atom. The van der Waals surface area contributed by atoms with E-state index < -0.39 is 6.10 Å². The largest absolute Gasteiger partial charge is 0.494 e. The molecule has 0 fully saturated rings. The molecule has 1 N–H and O–H groups in total. The van der Waals surface area contributed by atoms with Gasteiger partial charge >= 0.3 is 0 Å². The second kappa shape index (κ2) is 6.25. The van der Waals surface area contributed by atoms with Crippen LogP contribution in [-0.2, 0) is 0 Å². The zero-order valence-electron chi connectivity index (χ0n) is 11.2. The van der Waals surface area contributed by atoms with Crippen molar-refractivity contribution in [3.63, 3.8) is 0 Å². The zero-order valence-corrected chi connectivity index (χ0v) is 11.2. The van der Waals surface area contributed by atoms with Crippen molar-refractivity contribution in [2.75, 3.05) is 6.61 Å². The van der Waals surface area contributed by atoms with Gasteiger partial charge in [-0.05, 0) is 32.0 Å². The minimum absolute atomic E-state index is 0.564. The zero-order chi connectivity index (χ0) is 13.7. The molecule has 0 heterocycles. The molecule has 0 bridgehead atoms. The van der Waals surface area contributed by atoms with Crippen LogP contribution in [0.3, 0.4) is 0 Å². The van der Waals surface area contributed by atoms with Gasteiger partial charge in [-0.3, -0.25) is 0 Å². The van der Waals surface area contributed by atoms with Crippen LogP contribution >= 0.6 is 0 Å². The molecule has 100 valence electrons. The number of aliphatic hydroxyl groups excluding tert-OH is 1. The normalized spacial score (nSPS) is 11.9. The third kappa shape index (κ3) is 3.48. The van der Waals surface area contributed by atoms with Gasteiger partial charge in [0, 0.05) is 11.6 Å². The third-order valence-corrected chi connectivity index (χ3v) is 2.71. The number of rotatable bonds is 5. The van der Waals surface area contributed by atoms with Crippen molar-refractivity contribution in [1.82, 2.24) is 0 Å². The van der Waals surface area contributed by atoms with E-state index in [1.54, 1.807) is 6.92 Å². The lowest BCUT2D eigenvalue weighted by Gasteiger charge is -2.13. The number of hydrogen-bond acceptors (Lipinski definition) is 3. The summed E-state index contributed by atoms with van der Waals surface area (Å²) in [7, 11) is 0. The minimum Gasteiger partial charge on any atom is -0.494 e. The highest BCUT2D eigenvalue weighted by atomic mass is 16.5. The van der Waals surface area contributed by atoms with Gasteiger partial charge in [0.05, 0.1) is 12.7 Å². The van der Waals surface area contributed by atoms with Crippen molar-refractivity contribution in [2.24, 2.45) is 0 Å². The molecular formula is C16H18O3. The van der Waals surface area contributed by atoms with Gasteiger partial charge in [0.15, 0.2) is 0 Å². The molecule has 2 rings (SSSR count). The Bertz CT molecular complexity index is 535. The van der Waals surface area contributed by atoms with E-state index in [0.717, 1.165) is 11.3 Å². The van der Waals surface area contributed by atoms with Crippen molar-refractivity contribution < 1.29 is 14.6 Å². The van der Waals surface area contributed by atoms with Crippen LogP contribution in [0.5, 0.6) is 17.2 Å². The Labute approximate surface area is 113 Å². The molecule has 0 aliphatic heterocycles. The molecule has 2 aromatic rings. The van der Waals surface area contributed by atoms with Crippen molar-refractivity contribution in [3.05, 3.63) is 54.1 Å². The van der Waals surface area contributed by atoms with Crippen LogP contribution in [0.1, 0.15) is 25.5 Å². The molecule has 0 amide bonds. The van der Waals surface area contributed by atoms with Gasteiger partial charge in [-0.25, -0.2) is 0 Å². The Hall–Kier alpha value is -2.00. The monoisotopic (exact) mass is 258 g/mol. The molecule has 19 heavy (non-hydrogen) atoms. The summed E-state index contributed by atoms with van der Waals surface area (Å²) >= 11 is 0. The first kappa shape index (κ1) is 13.4. The van der Waals surface area contributed by atoms with Crippen LogP contribution < -0.4 is 9.47 Å². The van der Waals surface area contributed by atoms with Crippen LogP contribution in [0.4, 0.5) is 0 Å². The molecule has 0 spiro atoms. The second-order valence-electron chi connectivity index (χ2n) is 4.22. The summed E-state index contributed by atoms with van der Waals surface area (Å²) in [5.74, 6) is 2.12. The van der Waals surface area contributed by atoms with Crippen LogP contribution in [0.2, 0.25) is 0 Å². The van der Waals surface area contributed by atoms with Gasteiger partial charge < -0.3 is 14.6 Å². The molecule has 0 unspecified atom stereocenters. The van der Waals surface area contributed by atoms with E-state index in [0.29, 0.717) is 18.1 Å². The Kier molecular flexibility index (Phi) is 4.42. The van der Waals surface area contributed by atoms with Crippen molar-refractivity contribution in [3.8, 4) is 17.2 Å². The maximum absolute atomic E-state index is 9.72. The first-order valence-electron chi connectivity index (χ1n) is 6.38. The molecule has 0 aliphatic rings. The van der Waals surface area contributed by atoms with Gasteiger partial charge in [-0.15, -0.1) is 0 Å². The van der Waals surface area contributed by atoms with Crippen molar-refractivity contribution in [1.29, 1.82) is 0 Å². The standard InChI is InChI=1S/C16H18O3/c1-3-18-13-7-6-8-14(11-13)19-16-10-5-4-9-15(16)12(2)17/h4-12,17H,3H2,1-2H3/t12-/m1/s1. The number of hydrogen-bond donors (Lipinski definition) is 1. The molecule has 0 aromatic heterocycles. The maximum atomic E-state index is 9.72. The molecule has 0 aliphatic carbocycles. The number of para-hydroxylation sites is 1. The van der Waals surface area contributed by atoms with Crippen molar-refractivity contribution >= 4 is 0 Å². The SMILES string of the molecule is CCOc1cccc(Oc2ccccc2[C@@H](C)O)c1. The Balaban J connectivity index is 2.23. The minimum atomic E-state index is -0.564. The van der Waals surface area contributed by atoms with Gasteiger partial charge in [0.25, 0.3) is 0 Å². The lowest BCUT2D eigenvalue weighted by atomic mass is 10.1. The van der Waals surface area contributed by atoms with Gasteiger partial charge in [-0.1, -0.05) is 24.3 Å². The van der Waals surface area contributed by atoms with E-state index in [4.69, 9.17) is 9.47 Å². The van der Waals surface area contributed by atoms with E-state index in [-0.39, 0.29) is 0 Å². The first-order valence-corrected chi connectivity index (χ1v) is 6.38. The number of aliphatic hydroxyl groups is 1. The molecule has 3 nitrogen and oxygen atoms in total. The summed E-state index contributed by atoms with van der Waals surface area (Å²) < 4.78 is 11.3. The number of ether oxygens (including phenoxy) is 2. The van der Waals surface area contributed by atoms with Crippen LogP contribution in [0, 0.1) is 0 Å². The van der Waals surface area contributed by atoms with Crippen LogP contribution in [-0.4, -0.2) is 11.7 Å². The smallest absolute Gasteiger partial charge is 0.133 e. The van der Waals surface area contributed by atoms with Gasteiger partial charge in [-0.2, -0.15) is 0 Å². The highest BCUT2D eigenvalue weighted by Crippen LogP contribution is 2.30. The molecular weight excluding hydrogens is 240 g/mol. The molecule has 0 saturated carbocycles. The van der Waals surface area contributed by atoms with E-state index >= 15 is 0 Å². The highest BCUT2D eigenvalue weighted by molar-refractivity contribution is 5.41. The fourth-order valence-electron chi connectivity index (χ4n) is 1.84. The predicted octanol–water partition coefficient (Wildman–Crippen LogP) is 3.93. The fourth-order valence-corrected chi connectivity index (χ4v) is 1.84. The van der Waals surface area contributed by atoms with Crippen molar-refractivity contribution in [2.45, 2.75) is 20.0 Å². The van der Waals surface area contributed by atoms with E-state index in [1.807, 2.05) is 55.5 Å². The quantitative estimate of drug-likeness (QED) is 0.883. The Morgan fingerprint density at radius 3 is 2.53 bits per heavy atom. The first-order chi connectivity index (χ1) is 9.20. The lowest BCUT2D eigenvalue weighted by molar-refractivity contribution is 0.195. The van der Waals surface area contributed by atoms with E-state index in [2.05, 4.69) is 0 Å². The van der Waals surface area contributed by atoms with Gasteiger partial charge in [0.2, 0.25) is 0 Å². The summed E-state index contributed by atoms with van der Waals surface area (Å²) in [6, 6.07) is 14.9. The molecule has 2 aromatic carbocycles. The van der Waals surface area contributed by atoms with Crippen LogP contribution in [0.25, 0.3) is 0 Å². The summed E-state index contributed by atoms with van der Waals surface area (Å²) in [5, 5.41) is 9.72. The summed E-state index contributed by atoms with van der Waals surface area (Å²) in [6.07, 6.45) is -0.564. The molecule has 1 atom stereocenters. The predicted molar refractivity (Wildman–Crippen MR) is 74.8 cm³/mol. The molecule has 3 heteroatoms. The maximum Gasteiger partial charge on any atom is 0.133 e. The summed E-state index contributed by atoms with van der Waals surface area (Å²) in [6.45, 7) is 4.28. The number of benzene rings is 2. The van der Waals surface area contributed by atoms with E-state index in [1.165, 1.54) is 0 Å². The lowest BCUT2D eigenvalue weighted by Crippen LogP contribution is -1.96. The summed E-state index contributed by atoms with van der Waals surface area (Å²) in [4.78, 5) is 0. The van der Waals surface area contributed by atoms with Gasteiger partial charge in [0.1, 0.15) is 17.2 Å². The fraction of sp³-hybridized carbons (Fsp3) is 0.250. The van der Waals surface area contributed by atoms with E-state index in [9.17, 15) is 5.11 Å². The average Bonchev–Trinajstić information content (AvgIpc) is 2.40. The van der Waals surface area contributed by atoms with Crippen LogP contribution in [0.15, 0.2) is 48.5 Å². The summed E-state index contributed by atoms with van der Waals surface area (Å²) in [5.41, 5.74) is 0.768. The molecule has 0 saturated heterocycles. The second-order valence-corrected chi connectivity index (χ2v) is 4.22. The highest BCUT2D eigenvalue weighted by Gasteiger charge is 2.09. The topological polar surface area (TPSA) is 38.7 Å². The third-order valence-electron chi connectivity index (χ3n) is 2.71. The Morgan fingerprint density at radius 2 is 1.79 bits per heavy atom. The molecule has 0 radical (unpaired) electrons. The average molecular weight is 258 g/mol.